The third-order valence-corrected chi connectivity index (χ3v) is 3.99. The van der Waals surface area contributed by atoms with Crippen molar-refractivity contribution in [2.75, 3.05) is 29.9 Å². The normalized spacial score (nSPS) is 14.3. The van der Waals surface area contributed by atoms with Crippen LogP contribution in [0.15, 0.2) is 36.4 Å². The second kappa shape index (κ2) is 7.77. The van der Waals surface area contributed by atoms with Crippen LogP contribution in [0.5, 0.6) is 5.75 Å². The molecule has 1 saturated heterocycles. The van der Waals surface area contributed by atoms with Gasteiger partial charge >= 0.3 is 0 Å². The molecule has 0 saturated carbocycles. The van der Waals surface area contributed by atoms with Crippen LogP contribution >= 0.6 is 0 Å². The van der Waals surface area contributed by atoms with Gasteiger partial charge in [-0.05, 0) is 62.6 Å². The molecule has 2 heterocycles. The molecule has 1 aliphatic rings. The lowest BCUT2D eigenvalue weighted by Crippen LogP contribution is -2.30. The number of nitrogens with one attached hydrogen (secondary N) is 1. The lowest BCUT2D eigenvalue weighted by Gasteiger charge is -2.27. The molecule has 0 aliphatic carbocycles. The topological polar surface area (TPSA) is 67.3 Å². The Kier molecular flexibility index (Phi) is 5.25. The summed E-state index contributed by atoms with van der Waals surface area (Å²) in [5.41, 5.74) is 1.01. The third kappa shape index (κ3) is 4.01. The van der Waals surface area contributed by atoms with Crippen LogP contribution in [0.4, 0.5) is 11.5 Å². The van der Waals surface area contributed by atoms with E-state index in [9.17, 15) is 4.79 Å². The average molecular weight is 326 g/mol. The maximum absolute atomic E-state index is 12.3. The van der Waals surface area contributed by atoms with Crippen molar-refractivity contribution in [3.05, 3.63) is 42.1 Å². The van der Waals surface area contributed by atoms with Crippen molar-refractivity contribution in [1.82, 2.24) is 10.2 Å². The van der Waals surface area contributed by atoms with Crippen molar-refractivity contribution in [1.29, 1.82) is 0 Å². The van der Waals surface area contributed by atoms with Crippen LogP contribution in [-0.4, -0.2) is 35.8 Å². The molecule has 1 aromatic carbocycles. The Balaban J connectivity index is 1.62. The summed E-state index contributed by atoms with van der Waals surface area (Å²) in [4.78, 5) is 14.5. The summed E-state index contributed by atoms with van der Waals surface area (Å²) in [6.07, 6.45) is 3.63. The van der Waals surface area contributed by atoms with Gasteiger partial charge in [0.2, 0.25) is 0 Å². The van der Waals surface area contributed by atoms with Crippen molar-refractivity contribution in [3.8, 4) is 5.75 Å². The van der Waals surface area contributed by atoms with Gasteiger partial charge in [0.15, 0.2) is 11.5 Å². The van der Waals surface area contributed by atoms with E-state index in [2.05, 4.69) is 20.4 Å². The number of benzene rings is 1. The van der Waals surface area contributed by atoms with Crippen molar-refractivity contribution in [2.24, 2.45) is 0 Å². The van der Waals surface area contributed by atoms with Crippen molar-refractivity contribution in [2.45, 2.75) is 26.2 Å². The van der Waals surface area contributed by atoms with Gasteiger partial charge in [0.1, 0.15) is 5.75 Å². The summed E-state index contributed by atoms with van der Waals surface area (Å²) < 4.78 is 5.38. The van der Waals surface area contributed by atoms with E-state index in [1.807, 2.05) is 25.1 Å². The highest BCUT2D eigenvalue weighted by atomic mass is 16.5. The highest BCUT2D eigenvalue weighted by Gasteiger charge is 2.14. The zero-order chi connectivity index (χ0) is 16.8. The first-order valence-electron chi connectivity index (χ1n) is 8.39. The minimum absolute atomic E-state index is 0.267. The second-order valence-corrected chi connectivity index (χ2v) is 5.74. The number of amides is 1. The molecular weight excluding hydrogens is 304 g/mol. The summed E-state index contributed by atoms with van der Waals surface area (Å²) in [5, 5.41) is 11.1. The van der Waals surface area contributed by atoms with Crippen LogP contribution in [0.1, 0.15) is 36.7 Å². The predicted molar refractivity (Wildman–Crippen MR) is 93.7 cm³/mol. The number of aromatic nitrogens is 2. The van der Waals surface area contributed by atoms with E-state index in [0.29, 0.717) is 18.0 Å². The van der Waals surface area contributed by atoms with E-state index in [4.69, 9.17) is 4.74 Å². The van der Waals surface area contributed by atoms with Crippen LogP contribution in [-0.2, 0) is 0 Å². The van der Waals surface area contributed by atoms with E-state index in [0.717, 1.165) is 24.7 Å². The van der Waals surface area contributed by atoms with Gasteiger partial charge in [-0.25, -0.2) is 0 Å². The second-order valence-electron chi connectivity index (χ2n) is 5.74. The fraction of sp³-hybridized carbons (Fsp3) is 0.389. The SMILES string of the molecule is CCOc1ccc(NC(=O)c2ccc(N3CCCCC3)nn2)cc1. The molecule has 1 amide bonds. The Morgan fingerprint density at radius 2 is 1.83 bits per heavy atom. The van der Waals surface area contributed by atoms with Crippen LogP contribution in [0.3, 0.4) is 0 Å². The van der Waals surface area contributed by atoms with Gasteiger partial charge in [0.25, 0.3) is 5.91 Å². The molecule has 0 atom stereocenters. The van der Waals surface area contributed by atoms with E-state index in [1.54, 1.807) is 18.2 Å². The fourth-order valence-electron chi connectivity index (χ4n) is 2.73. The highest BCUT2D eigenvalue weighted by Crippen LogP contribution is 2.18. The molecule has 2 aromatic rings. The molecule has 0 unspecified atom stereocenters. The van der Waals surface area contributed by atoms with Crippen LogP contribution in [0, 0.1) is 0 Å². The Bertz CT molecular complexity index is 664. The lowest BCUT2D eigenvalue weighted by atomic mass is 10.1. The first kappa shape index (κ1) is 16.2. The van der Waals surface area contributed by atoms with E-state index in [1.165, 1.54) is 19.3 Å². The quantitative estimate of drug-likeness (QED) is 0.914. The number of rotatable bonds is 5. The molecule has 6 nitrogen and oxygen atoms in total. The van der Waals surface area contributed by atoms with Crippen LogP contribution < -0.4 is 15.0 Å². The standard InChI is InChI=1S/C18H22N4O2/c1-2-24-15-8-6-14(7-9-15)19-18(23)16-10-11-17(21-20-16)22-12-4-3-5-13-22/h6-11H,2-5,12-13H2,1H3,(H,19,23). The Morgan fingerprint density at radius 1 is 1.08 bits per heavy atom. The summed E-state index contributed by atoms with van der Waals surface area (Å²) in [5.74, 6) is 1.35. The van der Waals surface area contributed by atoms with Gasteiger partial charge in [-0.2, -0.15) is 0 Å². The number of carbonyl (C=O) groups is 1. The minimum Gasteiger partial charge on any atom is -0.494 e. The average Bonchev–Trinajstić information content (AvgIpc) is 2.64. The van der Waals surface area contributed by atoms with Gasteiger partial charge in [-0.15, -0.1) is 10.2 Å². The van der Waals surface area contributed by atoms with Crippen molar-refractivity contribution >= 4 is 17.4 Å². The van der Waals surface area contributed by atoms with Gasteiger partial charge in [0.05, 0.1) is 6.61 Å². The summed E-state index contributed by atoms with van der Waals surface area (Å²) in [6.45, 7) is 4.56. The molecule has 1 aromatic heterocycles. The number of nitrogens with zero attached hydrogens (tertiary/aromatic N) is 3. The molecule has 6 heteroatoms. The monoisotopic (exact) mass is 326 g/mol. The highest BCUT2D eigenvalue weighted by molar-refractivity contribution is 6.02. The van der Waals surface area contributed by atoms with E-state index < -0.39 is 0 Å². The molecule has 0 radical (unpaired) electrons. The van der Waals surface area contributed by atoms with Crippen molar-refractivity contribution < 1.29 is 9.53 Å². The number of piperidine rings is 1. The first-order chi connectivity index (χ1) is 11.8. The lowest BCUT2D eigenvalue weighted by molar-refractivity contribution is 0.102. The predicted octanol–water partition coefficient (Wildman–Crippen LogP) is 3.12. The molecule has 1 aliphatic heterocycles. The van der Waals surface area contributed by atoms with Crippen molar-refractivity contribution in [3.63, 3.8) is 0 Å². The third-order valence-electron chi connectivity index (χ3n) is 3.99. The number of hydrogen-bond donors (Lipinski definition) is 1. The van der Waals surface area contributed by atoms with E-state index in [-0.39, 0.29) is 5.91 Å². The number of hydrogen-bond acceptors (Lipinski definition) is 5. The van der Waals surface area contributed by atoms with Gasteiger partial charge in [-0.3, -0.25) is 4.79 Å². The molecular formula is C18H22N4O2. The van der Waals surface area contributed by atoms with E-state index >= 15 is 0 Å². The zero-order valence-electron chi connectivity index (χ0n) is 13.9. The Morgan fingerprint density at radius 3 is 2.46 bits per heavy atom. The fourth-order valence-corrected chi connectivity index (χ4v) is 2.73. The number of anilines is 2. The van der Waals surface area contributed by atoms with Gasteiger partial charge < -0.3 is 15.0 Å². The maximum atomic E-state index is 12.3. The molecule has 126 valence electrons. The Hall–Kier alpha value is -2.63. The maximum Gasteiger partial charge on any atom is 0.276 e. The van der Waals surface area contributed by atoms with Gasteiger partial charge in [0, 0.05) is 18.8 Å². The molecule has 0 spiro atoms. The first-order valence-corrected chi connectivity index (χ1v) is 8.39. The molecule has 3 rings (SSSR count). The number of carbonyl (C=O) groups excluding carboxylic acids is 1. The summed E-state index contributed by atoms with van der Waals surface area (Å²) in [7, 11) is 0. The van der Waals surface area contributed by atoms with Crippen LogP contribution in [0.25, 0.3) is 0 Å². The summed E-state index contributed by atoms with van der Waals surface area (Å²) in [6, 6.07) is 10.8. The Labute approximate surface area is 141 Å². The number of ether oxygens (including phenoxy) is 1. The zero-order valence-corrected chi connectivity index (χ0v) is 13.9. The summed E-state index contributed by atoms with van der Waals surface area (Å²) >= 11 is 0. The molecule has 1 fully saturated rings. The smallest absolute Gasteiger partial charge is 0.276 e. The molecule has 0 bridgehead atoms. The largest absolute Gasteiger partial charge is 0.494 e. The van der Waals surface area contributed by atoms with Crippen LogP contribution in [0.2, 0.25) is 0 Å². The molecule has 1 N–H and O–H groups in total. The minimum atomic E-state index is -0.267. The van der Waals surface area contributed by atoms with Gasteiger partial charge in [-0.1, -0.05) is 0 Å². The molecule has 24 heavy (non-hydrogen) atoms.